The molecule has 2 fully saturated rings. The molecule has 0 saturated carbocycles. The van der Waals surface area contributed by atoms with E-state index in [1.807, 2.05) is 31.9 Å². The van der Waals surface area contributed by atoms with E-state index in [1.165, 1.54) is 0 Å². The van der Waals surface area contributed by atoms with Crippen molar-refractivity contribution in [1.29, 1.82) is 5.26 Å². The van der Waals surface area contributed by atoms with E-state index in [2.05, 4.69) is 20.2 Å². The molecule has 15 heteroatoms. The highest BCUT2D eigenvalue weighted by atomic mass is 32.1. The number of nitrogens with one attached hydrogen (secondary N) is 1. The van der Waals surface area contributed by atoms with Crippen LogP contribution in [0.15, 0.2) is 18.2 Å². The van der Waals surface area contributed by atoms with E-state index < -0.39 is 34.5 Å². The molecule has 47 heavy (non-hydrogen) atoms. The monoisotopic (exact) mass is 675 g/mol. The maximum Gasteiger partial charge on any atom is 0.417 e. The minimum atomic E-state index is -5.05. The van der Waals surface area contributed by atoms with Crippen molar-refractivity contribution in [2.24, 2.45) is 0 Å². The number of fused-ring (bicyclic) bond motifs is 2. The number of anilines is 2. The van der Waals surface area contributed by atoms with Crippen LogP contribution in [0, 0.1) is 23.0 Å². The second kappa shape index (κ2) is 12.6. The van der Waals surface area contributed by atoms with Gasteiger partial charge in [-0.15, -0.1) is 11.3 Å². The molecule has 0 bridgehead atoms. The summed E-state index contributed by atoms with van der Waals surface area (Å²) in [5, 5.41) is 12.7. The topological polar surface area (TPSA) is 113 Å². The van der Waals surface area contributed by atoms with Crippen molar-refractivity contribution >= 4 is 43.1 Å². The molecule has 6 rings (SSSR count). The number of rotatable bonds is 8. The molecule has 4 heterocycles. The Morgan fingerprint density at radius 2 is 2.02 bits per heavy atom. The van der Waals surface area contributed by atoms with Gasteiger partial charge in [0.1, 0.15) is 34.8 Å². The Morgan fingerprint density at radius 1 is 1.26 bits per heavy atom. The first-order chi connectivity index (χ1) is 22.4. The van der Waals surface area contributed by atoms with E-state index in [4.69, 9.17) is 15.2 Å². The van der Waals surface area contributed by atoms with Crippen molar-refractivity contribution in [1.82, 2.24) is 20.2 Å². The molecule has 4 aromatic rings. The van der Waals surface area contributed by atoms with Crippen molar-refractivity contribution < 1.29 is 31.4 Å². The number of alkyl halides is 3. The molecule has 0 unspecified atom stereocenters. The molecule has 2 aliphatic rings. The van der Waals surface area contributed by atoms with Crippen molar-refractivity contribution in [2.45, 2.75) is 57.1 Å². The number of thiophene rings is 1. The molecule has 0 amide bonds. The van der Waals surface area contributed by atoms with E-state index in [9.17, 15) is 22.8 Å². The van der Waals surface area contributed by atoms with Gasteiger partial charge in [0.05, 0.1) is 21.9 Å². The molecule has 2 aliphatic heterocycles. The summed E-state index contributed by atoms with van der Waals surface area (Å²) in [6.45, 7) is 5.72. The predicted molar refractivity (Wildman–Crippen MR) is 171 cm³/mol. The number of ether oxygens (including phenoxy) is 2. The normalized spacial score (nSPS) is 22.0. The number of hydrogen-bond donors (Lipinski definition) is 2. The number of benzene rings is 2. The molecule has 0 spiro atoms. The molecule has 2 aromatic carbocycles. The number of nitrogen functional groups attached to an aromatic ring is 1. The van der Waals surface area contributed by atoms with E-state index in [-0.39, 0.29) is 74.3 Å². The first-order valence-corrected chi connectivity index (χ1v) is 16.1. The molecule has 2 saturated heterocycles. The van der Waals surface area contributed by atoms with E-state index in [0.717, 1.165) is 18.2 Å². The quantitative estimate of drug-likeness (QED) is 0.219. The second-order valence-electron chi connectivity index (χ2n) is 12.0. The number of hydrogen-bond acceptors (Lipinski definition) is 10. The fourth-order valence-electron chi connectivity index (χ4n) is 6.85. The Hall–Kier alpha value is -3.84. The maximum atomic E-state index is 17.0. The van der Waals surface area contributed by atoms with Crippen LogP contribution in [-0.4, -0.2) is 79.5 Å². The van der Waals surface area contributed by atoms with Gasteiger partial charge in [0.2, 0.25) is 0 Å². The summed E-state index contributed by atoms with van der Waals surface area (Å²) < 4.78 is 88.0. The Bertz CT molecular complexity index is 1880. The van der Waals surface area contributed by atoms with Crippen molar-refractivity contribution in [3.63, 3.8) is 0 Å². The zero-order valence-corrected chi connectivity index (χ0v) is 27.0. The predicted octanol–water partition coefficient (Wildman–Crippen LogP) is 5.94. The number of methoxy groups -OCH3 is 1. The van der Waals surface area contributed by atoms with Crippen molar-refractivity contribution in [3.8, 4) is 23.2 Å². The number of nitrogens with two attached hydrogens (primary N) is 1. The van der Waals surface area contributed by atoms with E-state index in [1.54, 1.807) is 7.11 Å². The van der Waals surface area contributed by atoms with Crippen molar-refractivity contribution in [3.05, 3.63) is 41.0 Å². The van der Waals surface area contributed by atoms with Crippen LogP contribution in [0.1, 0.15) is 37.8 Å². The minimum Gasteiger partial charge on any atom is -0.462 e. The smallest absolute Gasteiger partial charge is 0.417 e. The highest BCUT2D eigenvalue weighted by Crippen LogP contribution is 2.48. The first kappa shape index (κ1) is 33.1. The Kier molecular flexibility index (Phi) is 8.90. The Balaban J connectivity index is 1.61. The van der Waals surface area contributed by atoms with Crippen LogP contribution in [0.3, 0.4) is 0 Å². The van der Waals surface area contributed by atoms with Gasteiger partial charge in [-0.3, -0.25) is 4.90 Å². The third-order valence-electron chi connectivity index (χ3n) is 9.28. The molecular weight excluding hydrogens is 641 g/mol. The average Bonchev–Trinajstić information content (AvgIpc) is 3.72. The molecule has 250 valence electrons. The zero-order valence-electron chi connectivity index (χ0n) is 26.2. The first-order valence-electron chi connectivity index (χ1n) is 15.3. The van der Waals surface area contributed by atoms with Gasteiger partial charge in [-0.05, 0) is 58.0 Å². The standard InChI is InChI=1S/C32H34F5N7O2S/c1-5-44(23-8-9-40-15(23)2)30-19-11-21(32(35,36)37)25(18-6-7-22(33)28-24(18)20(12-38)29(39)47-28)26(34)27(19)41-31(42-30)46-14-16-10-17(45-4)13-43(16)3/h6-7,11,15-17,23,40H,5,8-10,13-14,39H2,1-4H3/t15-,16+,17-,23-/m1/s1. The fraction of sp³-hybridized carbons (Fsp3) is 0.469. The largest absolute Gasteiger partial charge is 0.462 e. The van der Waals surface area contributed by atoms with E-state index >= 15 is 4.39 Å². The lowest BCUT2D eigenvalue weighted by Crippen LogP contribution is -2.43. The number of nitrogens with zero attached hydrogens (tertiary/aromatic N) is 5. The number of halogens is 5. The van der Waals surface area contributed by atoms with Gasteiger partial charge in [0, 0.05) is 54.7 Å². The van der Waals surface area contributed by atoms with Crippen LogP contribution in [0.5, 0.6) is 6.01 Å². The van der Waals surface area contributed by atoms with Gasteiger partial charge in [-0.1, -0.05) is 6.07 Å². The van der Waals surface area contributed by atoms with Gasteiger partial charge in [0.25, 0.3) is 0 Å². The van der Waals surface area contributed by atoms with Gasteiger partial charge < -0.3 is 25.4 Å². The third-order valence-corrected chi connectivity index (χ3v) is 10.3. The summed E-state index contributed by atoms with van der Waals surface area (Å²) in [6.07, 6.45) is -3.67. The van der Waals surface area contributed by atoms with E-state index in [0.29, 0.717) is 43.8 Å². The van der Waals surface area contributed by atoms with Crippen LogP contribution in [0.4, 0.5) is 32.8 Å². The van der Waals surface area contributed by atoms with Gasteiger partial charge >= 0.3 is 12.2 Å². The second-order valence-corrected chi connectivity index (χ2v) is 13.0. The number of likely N-dealkylation sites (tertiary alicyclic amines) is 1. The lowest BCUT2D eigenvalue weighted by Gasteiger charge is -2.32. The van der Waals surface area contributed by atoms with Gasteiger partial charge in [-0.25, -0.2) is 8.78 Å². The zero-order chi connectivity index (χ0) is 33.8. The Morgan fingerprint density at radius 3 is 2.64 bits per heavy atom. The summed E-state index contributed by atoms with van der Waals surface area (Å²) >= 11 is 0.714. The molecule has 2 aromatic heterocycles. The SMILES string of the molecule is CCN(c1nc(OC[C@@H]2C[C@@H](OC)CN2C)nc2c(F)c(-c3ccc(F)c4sc(N)c(C#N)c34)c(C(F)(F)F)cc12)[C@@H]1CCN[C@@H]1C. The summed E-state index contributed by atoms with van der Waals surface area (Å²) in [4.78, 5) is 12.9. The lowest BCUT2D eigenvalue weighted by molar-refractivity contribution is -0.137. The maximum absolute atomic E-state index is 17.0. The summed E-state index contributed by atoms with van der Waals surface area (Å²) in [5.74, 6) is -1.97. The molecule has 0 aliphatic carbocycles. The van der Waals surface area contributed by atoms with Crippen LogP contribution in [0.2, 0.25) is 0 Å². The fourth-order valence-corrected chi connectivity index (χ4v) is 7.80. The van der Waals surface area contributed by atoms with Gasteiger partial charge in [0.15, 0.2) is 5.82 Å². The molecular formula is C32H34F5N7O2S. The summed E-state index contributed by atoms with van der Waals surface area (Å²) in [7, 11) is 3.56. The molecule has 0 radical (unpaired) electrons. The highest BCUT2D eigenvalue weighted by molar-refractivity contribution is 7.23. The average molecular weight is 676 g/mol. The minimum absolute atomic E-state index is 0.00593. The Labute approximate surface area is 272 Å². The van der Waals surface area contributed by atoms with Crippen LogP contribution >= 0.6 is 11.3 Å². The number of aromatic nitrogens is 2. The molecule has 4 atom stereocenters. The van der Waals surface area contributed by atoms with Gasteiger partial charge in [-0.2, -0.15) is 28.4 Å². The van der Waals surface area contributed by atoms with Crippen LogP contribution < -0.4 is 20.7 Å². The summed E-state index contributed by atoms with van der Waals surface area (Å²) in [6, 6.07) is 4.26. The van der Waals surface area contributed by atoms with Crippen molar-refractivity contribution in [2.75, 3.05) is 51.0 Å². The lowest BCUT2D eigenvalue weighted by atomic mass is 9.92. The highest BCUT2D eigenvalue weighted by Gasteiger charge is 2.39. The third kappa shape index (κ3) is 5.81. The summed E-state index contributed by atoms with van der Waals surface area (Å²) in [5.41, 5.74) is 2.85. The number of nitriles is 1. The molecule has 9 nitrogen and oxygen atoms in total. The van der Waals surface area contributed by atoms with Crippen LogP contribution in [-0.2, 0) is 10.9 Å². The van der Waals surface area contributed by atoms with Crippen LogP contribution in [0.25, 0.3) is 32.1 Å². The number of likely N-dealkylation sites (N-methyl/N-ethyl adjacent to an activating group) is 2. The molecule has 3 N–H and O–H groups in total.